The van der Waals surface area contributed by atoms with E-state index in [9.17, 15) is 4.39 Å². The van der Waals surface area contributed by atoms with Crippen molar-refractivity contribution in [2.45, 2.75) is 148 Å². The van der Waals surface area contributed by atoms with Gasteiger partial charge < -0.3 is 15.0 Å². The molecule has 4 nitrogen and oxygen atoms in total. The molecule has 6 heteroatoms. The van der Waals surface area contributed by atoms with Crippen molar-refractivity contribution < 1.29 is 13.5 Å². The second-order valence-electron chi connectivity index (χ2n) is 15.9. The highest BCUT2D eigenvalue weighted by Crippen LogP contribution is 2.50. The number of ether oxygens (including phenoxy) is 1. The van der Waals surface area contributed by atoms with Crippen LogP contribution in [0.4, 0.5) is 8.78 Å². The van der Waals surface area contributed by atoms with Gasteiger partial charge in [-0.2, -0.15) is 0 Å². The Morgan fingerprint density at radius 2 is 1.75 bits per heavy atom. The van der Waals surface area contributed by atoms with E-state index in [0.717, 1.165) is 43.1 Å². The van der Waals surface area contributed by atoms with Gasteiger partial charge in [-0.1, -0.05) is 32.9 Å². The fraction of sp³-hybridized carbons (Fsp3) is 0.842. The Labute approximate surface area is 267 Å². The summed E-state index contributed by atoms with van der Waals surface area (Å²) in [4.78, 5) is 5.55. The zero-order chi connectivity index (χ0) is 31.1. The molecule has 2 fully saturated rings. The number of alkyl halides is 2. The second-order valence-corrected chi connectivity index (χ2v) is 15.9. The minimum atomic E-state index is -1.18. The highest BCUT2D eigenvalue weighted by Gasteiger charge is 2.44. The molecule has 3 heterocycles. The molecule has 248 valence electrons. The van der Waals surface area contributed by atoms with Gasteiger partial charge in [-0.25, -0.2) is 8.78 Å². The van der Waals surface area contributed by atoms with Crippen molar-refractivity contribution in [2.75, 3.05) is 26.2 Å². The Kier molecular flexibility index (Phi) is 10.3. The zero-order valence-corrected chi connectivity index (χ0v) is 28.5. The molecule has 1 N–H and O–H groups in total. The summed E-state index contributed by atoms with van der Waals surface area (Å²) in [7, 11) is 0. The quantitative estimate of drug-likeness (QED) is 0.285. The van der Waals surface area contributed by atoms with Crippen LogP contribution in [-0.2, 0) is 4.74 Å². The van der Waals surface area contributed by atoms with Crippen molar-refractivity contribution in [3.63, 3.8) is 0 Å². The third kappa shape index (κ3) is 7.03. The number of nitrogens with zero attached hydrogens (tertiary/aromatic N) is 2. The summed E-state index contributed by atoms with van der Waals surface area (Å²) in [6.07, 6.45) is 12.1. The topological polar surface area (TPSA) is 27.7 Å². The maximum Gasteiger partial charge on any atom is 0.128 e. The normalized spacial score (nSPS) is 38.0. The zero-order valence-electron chi connectivity index (χ0n) is 28.5. The largest absolute Gasteiger partial charge is 0.385 e. The standard InChI is InChI=1S/C38H61F2N3O/c1-7-36-31(23(2)3)20-32-25(6)43(17-14-37(32)41-36)29-12-15-42(16-13-29)22-27-18-33(26-8-9-26)34(21-38(27)44-24(4)5)30-11-10-28(39)19-35(30)40/h11,21,23-29,31,33,35-36,38,41H,7-10,12-20,22H2,1-6H3/t25?,27-,28-,31?,33+,35-,36-,38?/m0/s1. The van der Waals surface area contributed by atoms with Crippen LogP contribution in [0, 0.1) is 29.6 Å². The molecule has 0 radical (unpaired) electrons. The van der Waals surface area contributed by atoms with Crippen molar-refractivity contribution >= 4 is 0 Å². The summed E-state index contributed by atoms with van der Waals surface area (Å²) in [5.41, 5.74) is 5.19. The van der Waals surface area contributed by atoms with Crippen LogP contribution < -0.4 is 5.32 Å². The molecule has 0 bridgehead atoms. The number of hydrogen-bond acceptors (Lipinski definition) is 4. The molecule has 0 amide bonds. The molecule has 44 heavy (non-hydrogen) atoms. The number of halogens is 2. The number of likely N-dealkylation sites (tertiary alicyclic amines) is 1. The van der Waals surface area contributed by atoms with E-state index in [4.69, 9.17) is 4.74 Å². The minimum Gasteiger partial charge on any atom is -0.385 e. The van der Waals surface area contributed by atoms with Gasteiger partial charge in [-0.3, -0.25) is 4.90 Å². The predicted octanol–water partition coefficient (Wildman–Crippen LogP) is 8.01. The third-order valence-corrected chi connectivity index (χ3v) is 12.3. The van der Waals surface area contributed by atoms with Crippen LogP contribution in [0.2, 0.25) is 0 Å². The van der Waals surface area contributed by atoms with Gasteiger partial charge in [-0.15, -0.1) is 0 Å². The van der Waals surface area contributed by atoms with Gasteiger partial charge in [0.2, 0.25) is 0 Å². The van der Waals surface area contributed by atoms with Crippen molar-refractivity contribution in [3.8, 4) is 0 Å². The molecule has 0 aromatic rings. The van der Waals surface area contributed by atoms with E-state index in [2.05, 4.69) is 62.7 Å². The molecule has 3 aliphatic heterocycles. The first-order valence-corrected chi connectivity index (χ1v) is 18.4. The number of piperidine rings is 1. The van der Waals surface area contributed by atoms with E-state index in [0.29, 0.717) is 48.2 Å². The smallest absolute Gasteiger partial charge is 0.128 e. The maximum atomic E-state index is 15.2. The Morgan fingerprint density at radius 1 is 1.00 bits per heavy atom. The molecule has 8 atom stereocenters. The van der Waals surface area contributed by atoms with Gasteiger partial charge in [-0.05, 0) is 132 Å². The highest BCUT2D eigenvalue weighted by atomic mass is 19.1. The summed E-state index contributed by atoms with van der Waals surface area (Å²) in [5.74, 6) is 2.92. The molecular weight excluding hydrogens is 552 g/mol. The first-order chi connectivity index (χ1) is 21.1. The minimum absolute atomic E-state index is 0.000972. The molecule has 6 aliphatic rings. The summed E-state index contributed by atoms with van der Waals surface area (Å²) < 4.78 is 35.7. The van der Waals surface area contributed by atoms with Crippen molar-refractivity contribution in [1.82, 2.24) is 15.1 Å². The van der Waals surface area contributed by atoms with Crippen LogP contribution >= 0.6 is 0 Å². The van der Waals surface area contributed by atoms with E-state index in [1.54, 1.807) is 11.3 Å². The van der Waals surface area contributed by atoms with Crippen LogP contribution in [-0.4, -0.2) is 78.7 Å². The lowest BCUT2D eigenvalue weighted by Crippen LogP contribution is -2.55. The lowest BCUT2D eigenvalue weighted by molar-refractivity contribution is -0.0236. The Balaban J connectivity index is 1.10. The summed E-state index contributed by atoms with van der Waals surface area (Å²) >= 11 is 0. The molecule has 0 spiro atoms. The number of hydrogen-bond donors (Lipinski definition) is 1. The van der Waals surface area contributed by atoms with Crippen molar-refractivity contribution in [1.29, 1.82) is 0 Å². The van der Waals surface area contributed by atoms with Crippen LogP contribution in [0.1, 0.15) is 106 Å². The fourth-order valence-corrected chi connectivity index (χ4v) is 9.65. The van der Waals surface area contributed by atoms with E-state index < -0.39 is 12.3 Å². The second kappa shape index (κ2) is 13.9. The average Bonchev–Trinajstić information content (AvgIpc) is 3.83. The molecule has 0 aromatic heterocycles. The van der Waals surface area contributed by atoms with E-state index >= 15 is 4.39 Å². The van der Waals surface area contributed by atoms with Gasteiger partial charge in [0.1, 0.15) is 12.3 Å². The predicted molar refractivity (Wildman–Crippen MR) is 177 cm³/mol. The van der Waals surface area contributed by atoms with Crippen LogP contribution in [0.15, 0.2) is 34.6 Å². The molecule has 1 saturated heterocycles. The lowest BCUT2D eigenvalue weighted by Gasteiger charge is -2.49. The van der Waals surface area contributed by atoms with E-state index in [-0.39, 0.29) is 18.6 Å². The number of nitrogens with one attached hydrogen (secondary N) is 1. The molecule has 6 rings (SSSR count). The maximum absolute atomic E-state index is 15.2. The molecule has 3 aliphatic carbocycles. The monoisotopic (exact) mass is 613 g/mol. The summed E-state index contributed by atoms with van der Waals surface area (Å²) in [5, 5.41) is 3.99. The van der Waals surface area contributed by atoms with Gasteiger partial charge in [0.05, 0.1) is 12.2 Å². The Hall–Kier alpha value is -1.24. The number of rotatable bonds is 9. The Bertz CT molecular complexity index is 1090. The summed E-state index contributed by atoms with van der Waals surface area (Å²) in [6, 6.07) is 1.83. The SMILES string of the molecule is CC[C@@H]1NC2=C(CC1C(C)C)C(C)N(C1CCN(C[C@@H]3C[C@H](C4CC4)C(C4=CC[C@H](F)C[C@@H]4F)=CC3OC(C)C)CC1)CC2. The van der Waals surface area contributed by atoms with Gasteiger partial charge in [0, 0.05) is 49.3 Å². The molecular formula is C38H61F2N3O. The lowest BCUT2D eigenvalue weighted by atomic mass is 9.72. The number of allylic oxidation sites excluding steroid dienone is 3. The first-order valence-electron chi connectivity index (χ1n) is 18.4. The van der Waals surface area contributed by atoms with Crippen LogP contribution in [0.25, 0.3) is 0 Å². The fourth-order valence-electron chi connectivity index (χ4n) is 9.65. The average molecular weight is 614 g/mol. The Morgan fingerprint density at radius 3 is 2.39 bits per heavy atom. The van der Waals surface area contributed by atoms with Crippen LogP contribution in [0.3, 0.4) is 0 Å². The first kappa shape index (κ1) is 32.7. The van der Waals surface area contributed by atoms with Crippen molar-refractivity contribution in [2.24, 2.45) is 29.6 Å². The van der Waals surface area contributed by atoms with Crippen molar-refractivity contribution in [3.05, 3.63) is 34.6 Å². The van der Waals surface area contributed by atoms with Gasteiger partial charge in [0.25, 0.3) is 0 Å². The van der Waals surface area contributed by atoms with Gasteiger partial charge in [0.15, 0.2) is 0 Å². The van der Waals surface area contributed by atoms with Gasteiger partial charge >= 0.3 is 0 Å². The van der Waals surface area contributed by atoms with E-state index in [1.807, 2.05) is 6.08 Å². The van der Waals surface area contributed by atoms with Crippen LogP contribution in [0.5, 0.6) is 0 Å². The highest BCUT2D eigenvalue weighted by molar-refractivity contribution is 5.41. The third-order valence-electron chi connectivity index (χ3n) is 12.3. The molecule has 1 saturated carbocycles. The summed E-state index contributed by atoms with van der Waals surface area (Å²) in [6.45, 7) is 18.4. The molecule has 3 unspecified atom stereocenters. The van der Waals surface area contributed by atoms with E-state index in [1.165, 1.54) is 51.5 Å². The molecule has 0 aromatic carbocycles.